The van der Waals surface area contributed by atoms with Gasteiger partial charge in [0.15, 0.2) is 12.6 Å². The van der Waals surface area contributed by atoms with E-state index in [-0.39, 0.29) is 22.6 Å². The van der Waals surface area contributed by atoms with Crippen LogP contribution in [0.25, 0.3) is 12.2 Å². The fourth-order valence-corrected chi connectivity index (χ4v) is 1.87. The van der Waals surface area contributed by atoms with Crippen molar-refractivity contribution in [1.82, 2.24) is 0 Å². The summed E-state index contributed by atoms with van der Waals surface area (Å²) in [5.41, 5.74) is 1.85. The van der Waals surface area contributed by atoms with E-state index in [2.05, 4.69) is 0 Å². The predicted molar refractivity (Wildman–Crippen MR) is 84.3 cm³/mol. The van der Waals surface area contributed by atoms with Gasteiger partial charge in [-0.15, -0.1) is 0 Å². The molecule has 0 aliphatic heterocycles. The van der Waals surface area contributed by atoms with Gasteiger partial charge in [0.2, 0.25) is 0 Å². The molecule has 0 aliphatic carbocycles. The zero-order valence-electron chi connectivity index (χ0n) is 11.6. The average molecular weight is 294 g/mol. The molecule has 0 heterocycles. The molecule has 0 unspecified atom stereocenters. The summed E-state index contributed by atoms with van der Waals surface area (Å²) >= 11 is 0. The molecule has 0 saturated carbocycles. The number of hydrogen-bond donors (Lipinski definition) is 2. The summed E-state index contributed by atoms with van der Waals surface area (Å²) in [5.74, 6) is 0.250. The van der Waals surface area contributed by atoms with Gasteiger partial charge in [-0.1, -0.05) is 24.3 Å². The number of phenols is 2. The van der Waals surface area contributed by atoms with E-state index in [1.807, 2.05) is 0 Å². The summed E-state index contributed by atoms with van der Waals surface area (Å²) in [5, 5.41) is 18.5. The maximum absolute atomic E-state index is 11.3. The lowest BCUT2D eigenvalue weighted by Crippen LogP contribution is -1.93. The fraction of sp³-hybridized carbons (Fsp3) is 0. The molecular formula is C18H14O4. The average Bonchev–Trinajstić information content (AvgIpc) is 2.54. The molecule has 22 heavy (non-hydrogen) atoms. The Kier molecular flexibility index (Phi) is 4.88. The van der Waals surface area contributed by atoms with Gasteiger partial charge in [-0.25, -0.2) is 0 Å². The maximum atomic E-state index is 11.3. The molecule has 0 radical (unpaired) electrons. The van der Waals surface area contributed by atoms with Gasteiger partial charge < -0.3 is 10.2 Å². The minimum atomic E-state index is 0.125. The van der Waals surface area contributed by atoms with Crippen LogP contribution in [-0.4, -0.2) is 22.8 Å². The maximum Gasteiger partial charge on any atom is 0.150 e. The fourth-order valence-electron chi connectivity index (χ4n) is 1.87. The predicted octanol–water partition coefficient (Wildman–Crippen LogP) is 2.96. The first-order valence-electron chi connectivity index (χ1n) is 6.54. The van der Waals surface area contributed by atoms with Crippen molar-refractivity contribution in [3.8, 4) is 11.5 Å². The van der Waals surface area contributed by atoms with Gasteiger partial charge in [0, 0.05) is 11.1 Å². The van der Waals surface area contributed by atoms with Crippen molar-refractivity contribution in [3.05, 3.63) is 70.8 Å². The van der Waals surface area contributed by atoms with E-state index >= 15 is 0 Å². The minimum absolute atomic E-state index is 0.125. The molecule has 0 aliphatic rings. The second-order valence-corrected chi connectivity index (χ2v) is 4.62. The van der Waals surface area contributed by atoms with Gasteiger partial charge in [0.05, 0.1) is 0 Å². The van der Waals surface area contributed by atoms with Gasteiger partial charge in [-0.2, -0.15) is 0 Å². The van der Waals surface area contributed by atoms with Crippen molar-refractivity contribution in [2.75, 3.05) is 0 Å². The van der Waals surface area contributed by atoms with Crippen LogP contribution in [0.2, 0.25) is 0 Å². The third kappa shape index (κ3) is 3.93. The molecule has 2 aromatic carbocycles. The molecule has 0 amide bonds. The zero-order chi connectivity index (χ0) is 15.9. The van der Waals surface area contributed by atoms with Gasteiger partial charge in [0.1, 0.15) is 11.5 Å². The summed E-state index contributed by atoms with van der Waals surface area (Å²) in [6.45, 7) is 0. The third-order valence-corrected chi connectivity index (χ3v) is 3.02. The van der Waals surface area contributed by atoms with E-state index in [9.17, 15) is 19.8 Å². The van der Waals surface area contributed by atoms with Crippen LogP contribution in [0.3, 0.4) is 0 Å². The zero-order valence-corrected chi connectivity index (χ0v) is 11.6. The van der Waals surface area contributed by atoms with Crippen molar-refractivity contribution < 1.29 is 19.8 Å². The van der Waals surface area contributed by atoms with Gasteiger partial charge in [-0.3, -0.25) is 9.59 Å². The number of aldehydes is 2. The Balaban J connectivity index is 2.37. The molecule has 0 aromatic heterocycles. The van der Waals surface area contributed by atoms with Crippen LogP contribution in [0.4, 0.5) is 0 Å². The summed E-state index contributed by atoms with van der Waals surface area (Å²) in [6.07, 6.45) is 4.33. The van der Waals surface area contributed by atoms with E-state index < -0.39 is 0 Å². The Hall–Kier alpha value is -3.14. The Morgan fingerprint density at radius 1 is 0.636 bits per heavy atom. The molecule has 0 atom stereocenters. The summed E-state index contributed by atoms with van der Waals surface area (Å²) in [4.78, 5) is 22.5. The van der Waals surface area contributed by atoms with Crippen LogP contribution < -0.4 is 0 Å². The summed E-state index contributed by atoms with van der Waals surface area (Å²) in [7, 11) is 0. The third-order valence-electron chi connectivity index (χ3n) is 3.02. The van der Waals surface area contributed by atoms with Crippen LogP contribution in [0.1, 0.15) is 11.1 Å². The van der Waals surface area contributed by atoms with Crippen LogP contribution in [0.15, 0.2) is 59.7 Å². The number of carbonyl (C=O) groups is 2. The van der Waals surface area contributed by atoms with Crippen molar-refractivity contribution in [2.24, 2.45) is 0 Å². The van der Waals surface area contributed by atoms with Crippen molar-refractivity contribution in [2.45, 2.75) is 0 Å². The molecule has 2 aromatic rings. The Morgan fingerprint density at radius 3 is 1.23 bits per heavy atom. The Labute approximate surface area is 127 Å². The number of hydrogen-bond acceptors (Lipinski definition) is 4. The van der Waals surface area contributed by atoms with Crippen LogP contribution in [-0.2, 0) is 9.59 Å². The van der Waals surface area contributed by atoms with Gasteiger partial charge >= 0.3 is 0 Å². The smallest absolute Gasteiger partial charge is 0.150 e. The lowest BCUT2D eigenvalue weighted by atomic mass is 10.0. The topological polar surface area (TPSA) is 74.6 Å². The first-order valence-corrected chi connectivity index (χ1v) is 6.54. The molecule has 0 bridgehead atoms. The van der Waals surface area contributed by atoms with Crippen LogP contribution in [0.5, 0.6) is 11.5 Å². The second kappa shape index (κ2) is 7.04. The van der Waals surface area contributed by atoms with Crippen molar-refractivity contribution in [3.63, 3.8) is 0 Å². The van der Waals surface area contributed by atoms with E-state index in [1.165, 1.54) is 24.3 Å². The largest absolute Gasteiger partial charge is 0.508 e. The Bertz CT molecular complexity index is 657. The highest BCUT2D eigenvalue weighted by Crippen LogP contribution is 2.18. The summed E-state index contributed by atoms with van der Waals surface area (Å²) in [6, 6.07) is 12.6. The minimum Gasteiger partial charge on any atom is -0.508 e. The number of allylic oxidation sites excluding steroid dienone is 2. The van der Waals surface area contributed by atoms with Gasteiger partial charge in [0.25, 0.3) is 0 Å². The summed E-state index contributed by atoms with van der Waals surface area (Å²) < 4.78 is 0. The van der Waals surface area contributed by atoms with Crippen molar-refractivity contribution >= 4 is 24.7 Å². The molecule has 4 heteroatoms. The molecule has 110 valence electrons. The number of rotatable bonds is 5. The number of phenolic OH excluding ortho intramolecular Hbond substituents is 2. The molecule has 0 saturated heterocycles. The highest BCUT2D eigenvalue weighted by Gasteiger charge is 2.04. The lowest BCUT2D eigenvalue weighted by molar-refractivity contribution is -0.107. The number of aromatic hydroxyl groups is 2. The standard InChI is InChI=1S/C18H14O4/c19-11-15(9-13-1-5-17(21)6-2-13)16(12-20)10-14-3-7-18(22)8-4-14/h1-12,21-22H/b15-9-,16-10-. The molecule has 2 N–H and O–H groups in total. The molecule has 4 nitrogen and oxygen atoms in total. The molecular weight excluding hydrogens is 280 g/mol. The molecule has 0 fully saturated rings. The van der Waals surface area contributed by atoms with E-state index in [4.69, 9.17) is 0 Å². The highest BCUT2D eigenvalue weighted by molar-refractivity contribution is 6.02. The molecule has 0 spiro atoms. The quantitative estimate of drug-likeness (QED) is 0.505. The van der Waals surface area contributed by atoms with Crippen LogP contribution >= 0.6 is 0 Å². The number of carbonyl (C=O) groups excluding carboxylic acids is 2. The van der Waals surface area contributed by atoms with E-state index in [0.717, 1.165) is 0 Å². The van der Waals surface area contributed by atoms with E-state index in [1.54, 1.807) is 36.4 Å². The SMILES string of the molecule is O=CC(=C/c1ccc(O)cc1)/C(C=O)=C\c1ccc(O)cc1. The second-order valence-electron chi connectivity index (χ2n) is 4.62. The van der Waals surface area contributed by atoms with Gasteiger partial charge in [-0.05, 0) is 47.5 Å². The lowest BCUT2D eigenvalue weighted by Gasteiger charge is -2.02. The normalized spacial score (nSPS) is 12.0. The van der Waals surface area contributed by atoms with E-state index in [0.29, 0.717) is 23.7 Å². The first kappa shape index (κ1) is 15.3. The number of benzene rings is 2. The highest BCUT2D eigenvalue weighted by atomic mass is 16.3. The molecule has 2 rings (SSSR count). The van der Waals surface area contributed by atoms with Crippen LogP contribution in [0, 0.1) is 0 Å². The Morgan fingerprint density at radius 2 is 0.955 bits per heavy atom. The van der Waals surface area contributed by atoms with Crippen molar-refractivity contribution in [1.29, 1.82) is 0 Å². The monoisotopic (exact) mass is 294 g/mol. The first-order chi connectivity index (χ1) is 10.6.